The van der Waals surface area contributed by atoms with Crippen molar-refractivity contribution in [2.45, 2.75) is 20.4 Å². The van der Waals surface area contributed by atoms with Crippen LogP contribution in [-0.2, 0) is 16.2 Å². The molecule has 2 heterocycles. The van der Waals surface area contributed by atoms with Crippen molar-refractivity contribution >= 4 is 27.8 Å². The van der Waals surface area contributed by atoms with Crippen molar-refractivity contribution in [3.05, 3.63) is 70.3 Å². The zero-order chi connectivity index (χ0) is 19.4. The normalized spacial score (nSPS) is 10.5. The lowest BCUT2D eigenvalue weighted by atomic mass is 10.2. The van der Waals surface area contributed by atoms with Crippen LogP contribution in [-0.4, -0.2) is 26.9 Å². The summed E-state index contributed by atoms with van der Waals surface area (Å²) in [4.78, 5) is 37.9. The Morgan fingerprint density at radius 2 is 1.93 bits per heavy atom. The van der Waals surface area contributed by atoms with E-state index in [0.717, 1.165) is 15.1 Å². The molecule has 0 saturated heterocycles. The van der Waals surface area contributed by atoms with Gasteiger partial charge in [-0.05, 0) is 43.3 Å². The van der Waals surface area contributed by atoms with Crippen molar-refractivity contribution in [1.82, 2.24) is 15.0 Å². The van der Waals surface area contributed by atoms with Crippen LogP contribution in [0.1, 0.15) is 28.9 Å². The molecule has 0 unspecified atom stereocenters. The smallest absolute Gasteiger partial charge is 0.329 e. The second-order valence-corrected chi connectivity index (χ2v) is 6.59. The van der Waals surface area contributed by atoms with Crippen molar-refractivity contribution in [3.63, 3.8) is 0 Å². The van der Waals surface area contributed by atoms with E-state index in [1.165, 1.54) is 6.92 Å². The maximum absolute atomic E-state index is 12.9. The molecule has 1 amide bonds. The topological polar surface area (TPSA) is 85.5 Å². The Bertz CT molecular complexity index is 955. The number of carbonyl (C=O) groups excluding carboxylic acids is 2. The van der Waals surface area contributed by atoms with E-state index >= 15 is 0 Å². The van der Waals surface area contributed by atoms with Gasteiger partial charge in [0.1, 0.15) is 12.3 Å². The summed E-state index contributed by atoms with van der Waals surface area (Å²) >= 11 is 3.37. The Labute approximate surface area is 164 Å². The van der Waals surface area contributed by atoms with Gasteiger partial charge < -0.3 is 9.25 Å². The van der Waals surface area contributed by atoms with Gasteiger partial charge in [0, 0.05) is 23.2 Å². The summed E-state index contributed by atoms with van der Waals surface area (Å²) in [6, 6.07) is 12.6. The average Bonchev–Trinajstić information content (AvgIpc) is 3.03. The molecule has 3 aromatic rings. The number of amides is 1. The number of hydroxylamine groups is 2. The fraction of sp³-hybridized carbons (Fsp3) is 0.158. The first kappa shape index (κ1) is 18.8. The van der Waals surface area contributed by atoms with Crippen LogP contribution in [0.4, 0.5) is 0 Å². The molecule has 8 heteroatoms. The summed E-state index contributed by atoms with van der Waals surface area (Å²) in [5, 5.41) is 0.931. The average molecular weight is 430 g/mol. The Morgan fingerprint density at radius 3 is 2.56 bits per heavy atom. The second kappa shape index (κ2) is 8.13. The van der Waals surface area contributed by atoms with E-state index in [2.05, 4.69) is 25.9 Å². The van der Waals surface area contributed by atoms with Crippen LogP contribution in [0.3, 0.4) is 0 Å². The minimum Gasteiger partial charge on any atom is -0.441 e. The minimum absolute atomic E-state index is 0.000823. The number of aryl methyl sites for hydroxylation is 1. The molecule has 0 fully saturated rings. The molecule has 0 N–H and O–H groups in total. The van der Waals surface area contributed by atoms with E-state index in [1.807, 2.05) is 24.3 Å². The van der Waals surface area contributed by atoms with Crippen LogP contribution in [0.2, 0.25) is 0 Å². The Morgan fingerprint density at radius 1 is 1.19 bits per heavy atom. The van der Waals surface area contributed by atoms with E-state index in [9.17, 15) is 9.59 Å². The van der Waals surface area contributed by atoms with Gasteiger partial charge in [0.2, 0.25) is 5.89 Å². The van der Waals surface area contributed by atoms with E-state index in [-0.39, 0.29) is 12.2 Å². The number of benzene rings is 1. The Balaban J connectivity index is 1.89. The number of halogens is 1. The molecular weight excluding hydrogens is 414 g/mol. The highest BCUT2D eigenvalue weighted by atomic mass is 79.9. The maximum atomic E-state index is 12.9. The standard InChI is InChI=1S/C19H16BrN3O4/c1-12-17(22-18(26-12)14-6-8-15(20)9-7-14)19(25)23(27-13(2)24)11-16-5-3-4-10-21-16/h3-10H,11H2,1-2H3. The highest BCUT2D eigenvalue weighted by Crippen LogP contribution is 2.24. The van der Waals surface area contributed by atoms with Gasteiger partial charge in [-0.25, -0.2) is 4.98 Å². The van der Waals surface area contributed by atoms with Crippen LogP contribution < -0.4 is 0 Å². The molecule has 0 bridgehead atoms. The molecule has 0 saturated carbocycles. The van der Waals surface area contributed by atoms with Gasteiger partial charge in [0.05, 0.1) is 5.69 Å². The van der Waals surface area contributed by atoms with Crippen LogP contribution in [0.15, 0.2) is 57.6 Å². The van der Waals surface area contributed by atoms with Gasteiger partial charge in [-0.2, -0.15) is 5.06 Å². The van der Waals surface area contributed by atoms with E-state index < -0.39 is 11.9 Å². The lowest BCUT2D eigenvalue weighted by Crippen LogP contribution is -2.33. The molecule has 0 aliphatic heterocycles. The number of hydrogen-bond donors (Lipinski definition) is 0. The first-order chi connectivity index (χ1) is 12.9. The van der Waals surface area contributed by atoms with Gasteiger partial charge >= 0.3 is 11.9 Å². The van der Waals surface area contributed by atoms with Gasteiger partial charge in [-0.1, -0.05) is 22.0 Å². The summed E-state index contributed by atoms with van der Waals surface area (Å²) in [6.07, 6.45) is 1.60. The summed E-state index contributed by atoms with van der Waals surface area (Å²) < 4.78 is 6.56. The number of hydrogen-bond acceptors (Lipinski definition) is 6. The summed E-state index contributed by atoms with van der Waals surface area (Å²) in [5.41, 5.74) is 1.37. The number of pyridine rings is 1. The van der Waals surface area contributed by atoms with Gasteiger partial charge in [-0.15, -0.1) is 0 Å². The van der Waals surface area contributed by atoms with Gasteiger partial charge in [-0.3, -0.25) is 14.6 Å². The fourth-order valence-corrected chi connectivity index (χ4v) is 2.63. The first-order valence-electron chi connectivity index (χ1n) is 8.07. The molecule has 7 nitrogen and oxygen atoms in total. The third kappa shape index (κ3) is 4.59. The number of rotatable bonds is 4. The van der Waals surface area contributed by atoms with Crippen LogP contribution in [0.5, 0.6) is 0 Å². The molecule has 1 aromatic carbocycles. The maximum Gasteiger partial charge on any atom is 0.329 e. The molecule has 138 valence electrons. The van der Waals surface area contributed by atoms with Crippen LogP contribution >= 0.6 is 15.9 Å². The molecule has 0 aliphatic rings. The third-order valence-corrected chi connectivity index (χ3v) is 4.12. The Kier molecular flexibility index (Phi) is 5.66. The fourth-order valence-electron chi connectivity index (χ4n) is 2.37. The van der Waals surface area contributed by atoms with Gasteiger partial charge in [0.15, 0.2) is 5.69 Å². The molecule has 0 radical (unpaired) electrons. The first-order valence-corrected chi connectivity index (χ1v) is 8.87. The van der Waals surface area contributed by atoms with Crippen LogP contribution in [0, 0.1) is 6.92 Å². The molecule has 0 spiro atoms. The monoisotopic (exact) mass is 429 g/mol. The molecular formula is C19H16BrN3O4. The predicted molar refractivity (Wildman–Crippen MR) is 100 cm³/mol. The second-order valence-electron chi connectivity index (χ2n) is 5.68. The summed E-state index contributed by atoms with van der Waals surface area (Å²) in [6.45, 7) is 2.86. The Hall–Kier alpha value is -3.00. The van der Waals surface area contributed by atoms with E-state index in [1.54, 1.807) is 31.3 Å². The van der Waals surface area contributed by atoms with Crippen molar-refractivity contribution in [2.24, 2.45) is 0 Å². The molecule has 2 aromatic heterocycles. The van der Waals surface area contributed by atoms with Crippen molar-refractivity contribution < 1.29 is 18.8 Å². The number of nitrogens with zero attached hydrogens (tertiary/aromatic N) is 3. The van der Waals surface area contributed by atoms with Crippen LogP contribution in [0.25, 0.3) is 11.5 Å². The number of oxazole rings is 1. The van der Waals surface area contributed by atoms with Gasteiger partial charge in [0.25, 0.3) is 0 Å². The van der Waals surface area contributed by atoms with E-state index in [4.69, 9.17) is 9.25 Å². The molecule has 0 atom stereocenters. The quantitative estimate of drug-likeness (QED) is 0.584. The highest BCUT2D eigenvalue weighted by molar-refractivity contribution is 9.10. The van der Waals surface area contributed by atoms with Crippen molar-refractivity contribution in [2.75, 3.05) is 0 Å². The zero-order valence-corrected chi connectivity index (χ0v) is 16.3. The van der Waals surface area contributed by atoms with Crippen molar-refractivity contribution in [1.29, 1.82) is 0 Å². The lowest BCUT2D eigenvalue weighted by Gasteiger charge is -2.19. The largest absolute Gasteiger partial charge is 0.441 e. The highest BCUT2D eigenvalue weighted by Gasteiger charge is 2.26. The lowest BCUT2D eigenvalue weighted by molar-refractivity contribution is -0.177. The summed E-state index contributed by atoms with van der Waals surface area (Å²) in [5.74, 6) is -0.561. The molecule has 3 rings (SSSR count). The van der Waals surface area contributed by atoms with Crippen molar-refractivity contribution in [3.8, 4) is 11.5 Å². The minimum atomic E-state index is -0.617. The predicted octanol–water partition coefficient (Wildman–Crippen LogP) is 3.93. The number of aromatic nitrogens is 2. The summed E-state index contributed by atoms with van der Waals surface area (Å²) in [7, 11) is 0. The molecule has 27 heavy (non-hydrogen) atoms. The number of carbonyl (C=O) groups is 2. The zero-order valence-electron chi connectivity index (χ0n) is 14.7. The third-order valence-electron chi connectivity index (χ3n) is 3.59. The SMILES string of the molecule is CC(=O)ON(Cc1ccccn1)C(=O)c1nc(-c2ccc(Br)cc2)oc1C. The van der Waals surface area contributed by atoms with E-state index in [0.29, 0.717) is 17.3 Å². The molecule has 0 aliphatic carbocycles.